The number of pyridine rings is 1. The van der Waals surface area contributed by atoms with Crippen molar-refractivity contribution >= 4 is 51.0 Å². The Kier molecular flexibility index (Phi) is 5.22. The first-order chi connectivity index (χ1) is 12.8. The molecule has 1 aromatic heterocycles. The number of thiol groups is 1. The number of hydrogen-bond donors (Lipinski definition) is 3. The maximum Gasteiger partial charge on any atom is 0.336 e. The largest absolute Gasteiger partial charge is 0.495 e. The molecule has 8 nitrogen and oxygen atoms in total. The molecule has 0 bridgehead atoms. The van der Waals surface area contributed by atoms with Crippen LogP contribution >= 0.6 is 12.8 Å². The Morgan fingerprint density at radius 2 is 2.04 bits per heavy atom. The predicted molar refractivity (Wildman–Crippen MR) is 107 cm³/mol. The minimum absolute atomic E-state index is 0.131. The summed E-state index contributed by atoms with van der Waals surface area (Å²) in [4.78, 5) is 16.6. The summed E-state index contributed by atoms with van der Waals surface area (Å²) in [6.07, 6.45) is 3.30. The maximum absolute atomic E-state index is 12.7. The Balaban J connectivity index is 1.95. The smallest absolute Gasteiger partial charge is 0.336 e. The van der Waals surface area contributed by atoms with Crippen molar-refractivity contribution in [2.24, 2.45) is 5.14 Å². The van der Waals surface area contributed by atoms with Gasteiger partial charge in [-0.3, -0.25) is 4.98 Å². The number of hydrogen-bond acceptors (Lipinski definition) is 6. The molecule has 140 valence electrons. The highest BCUT2D eigenvalue weighted by Crippen LogP contribution is 2.32. The monoisotopic (exact) mass is 404 g/mol. The molecule has 3 aromatic rings. The number of nitrogens with two attached hydrogens (primary N) is 1. The Hall–Kier alpha value is -2.82. The second-order valence-electron chi connectivity index (χ2n) is 5.52. The molecule has 3 rings (SSSR count). The van der Waals surface area contributed by atoms with E-state index in [1.165, 1.54) is 25.3 Å². The van der Waals surface area contributed by atoms with Crippen LogP contribution in [0.5, 0.6) is 5.75 Å². The third-order valence-electron chi connectivity index (χ3n) is 3.82. The molecule has 2 amide bonds. The fourth-order valence-electron chi connectivity index (χ4n) is 2.52. The van der Waals surface area contributed by atoms with Gasteiger partial charge in [0, 0.05) is 23.2 Å². The lowest BCUT2D eigenvalue weighted by Gasteiger charge is -2.20. The van der Waals surface area contributed by atoms with Gasteiger partial charge >= 0.3 is 6.03 Å². The summed E-state index contributed by atoms with van der Waals surface area (Å²) in [5.41, 5.74) is 0.687. The van der Waals surface area contributed by atoms with Crippen LogP contribution in [0.25, 0.3) is 10.8 Å². The summed E-state index contributed by atoms with van der Waals surface area (Å²) in [7, 11) is -2.56. The lowest BCUT2D eigenvalue weighted by molar-refractivity contribution is 0.260. The average Bonchev–Trinajstić information content (AvgIpc) is 2.66. The molecule has 0 aliphatic heterocycles. The number of carbonyl (C=O) groups excluding carboxylic acids is 1. The molecule has 1 heterocycles. The second kappa shape index (κ2) is 7.43. The van der Waals surface area contributed by atoms with Gasteiger partial charge in [-0.2, -0.15) is 0 Å². The van der Waals surface area contributed by atoms with Gasteiger partial charge in [0.15, 0.2) is 0 Å². The van der Waals surface area contributed by atoms with E-state index in [9.17, 15) is 13.2 Å². The number of aromatic nitrogens is 1. The number of benzene rings is 2. The van der Waals surface area contributed by atoms with Gasteiger partial charge in [0.2, 0.25) is 10.0 Å². The first-order valence-electron chi connectivity index (χ1n) is 7.65. The van der Waals surface area contributed by atoms with Crippen LogP contribution in [-0.4, -0.2) is 26.5 Å². The summed E-state index contributed by atoms with van der Waals surface area (Å²) in [6.45, 7) is 0. The SMILES string of the molecule is COc1ccc(S(N)(=O)=O)cc1N(S)C(=O)Nc1cccc2cnccc12. The second-order valence-corrected chi connectivity index (χ2v) is 7.48. The van der Waals surface area contributed by atoms with Gasteiger partial charge in [0.25, 0.3) is 0 Å². The van der Waals surface area contributed by atoms with Gasteiger partial charge in [-0.25, -0.2) is 22.7 Å². The highest BCUT2D eigenvalue weighted by atomic mass is 32.2. The first-order valence-corrected chi connectivity index (χ1v) is 9.59. The molecule has 27 heavy (non-hydrogen) atoms. The molecule has 0 spiro atoms. The molecule has 0 atom stereocenters. The fraction of sp³-hybridized carbons (Fsp3) is 0.0588. The van der Waals surface area contributed by atoms with E-state index in [1.807, 2.05) is 6.07 Å². The zero-order chi connectivity index (χ0) is 19.6. The van der Waals surface area contributed by atoms with E-state index in [4.69, 9.17) is 9.88 Å². The highest BCUT2D eigenvalue weighted by Gasteiger charge is 2.20. The van der Waals surface area contributed by atoms with Crippen molar-refractivity contribution in [1.29, 1.82) is 0 Å². The van der Waals surface area contributed by atoms with Crippen molar-refractivity contribution in [2.75, 3.05) is 16.7 Å². The van der Waals surface area contributed by atoms with E-state index < -0.39 is 16.1 Å². The number of nitrogens with one attached hydrogen (secondary N) is 1. The topological polar surface area (TPSA) is 115 Å². The van der Waals surface area contributed by atoms with E-state index in [-0.39, 0.29) is 16.3 Å². The van der Waals surface area contributed by atoms with Crippen LogP contribution in [0, 0.1) is 0 Å². The van der Waals surface area contributed by atoms with Crippen molar-refractivity contribution in [3.8, 4) is 5.75 Å². The Bertz CT molecular complexity index is 1110. The van der Waals surface area contributed by atoms with Crippen molar-refractivity contribution < 1.29 is 17.9 Å². The Morgan fingerprint density at radius 1 is 1.26 bits per heavy atom. The van der Waals surface area contributed by atoms with Gasteiger partial charge in [0.05, 0.1) is 17.7 Å². The van der Waals surface area contributed by atoms with E-state index in [0.29, 0.717) is 5.69 Å². The van der Waals surface area contributed by atoms with Gasteiger partial charge < -0.3 is 10.1 Å². The van der Waals surface area contributed by atoms with Gasteiger partial charge in [-0.15, -0.1) is 0 Å². The number of primary sulfonamides is 1. The number of carbonyl (C=O) groups is 1. The van der Waals surface area contributed by atoms with Crippen LogP contribution in [-0.2, 0) is 10.0 Å². The fourth-order valence-corrected chi connectivity index (χ4v) is 3.26. The average molecular weight is 404 g/mol. The summed E-state index contributed by atoms with van der Waals surface area (Å²) >= 11 is 4.20. The van der Waals surface area contributed by atoms with Gasteiger partial charge in [-0.05, 0) is 30.3 Å². The normalized spacial score (nSPS) is 11.2. The maximum atomic E-state index is 12.7. The molecule has 0 saturated carbocycles. The van der Waals surface area contributed by atoms with Crippen LogP contribution < -0.4 is 19.5 Å². The van der Waals surface area contributed by atoms with Gasteiger partial charge in [0.1, 0.15) is 11.4 Å². The lowest BCUT2D eigenvalue weighted by atomic mass is 10.1. The summed E-state index contributed by atoms with van der Waals surface area (Å²) in [5.74, 6) is 0.259. The molecule has 3 N–H and O–H groups in total. The zero-order valence-corrected chi connectivity index (χ0v) is 15.9. The minimum Gasteiger partial charge on any atom is -0.495 e. The van der Waals surface area contributed by atoms with Crippen LogP contribution in [0.15, 0.2) is 59.8 Å². The van der Waals surface area contributed by atoms with Crippen LogP contribution in [0.4, 0.5) is 16.2 Å². The standard InChI is InChI=1S/C17H16N4O4S2/c1-25-16-6-5-12(27(18,23)24)9-15(16)21(26)17(22)20-14-4-2-3-11-10-19-8-7-13(11)14/h2-10,26H,1H3,(H,20,22)(H2,18,23,24). The van der Waals surface area contributed by atoms with E-state index in [0.717, 1.165) is 15.1 Å². The number of sulfonamides is 1. The number of anilines is 2. The molecule has 10 heteroatoms. The third kappa shape index (κ3) is 3.97. The number of amides is 2. The number of rotatable bonds is 4. The van der Waals surface area contributed by atoms with Crippen molar-refractivity contribution in [3.63, 3.8) is 0 Å². The number of nitrogens with zero attached hydrogens (tertiary/aromatic N) is 2. The highest BCUT2D eigenvalue weighted by molar-refractivity contribution is 7.89. The number of urea groups is 1. The molecule has 0 unspecified atom stereocenters. The summed E-state index contributed by atoms with van der Waals surface area (Å²) < 4.78 is 29.3. The van der Waals surface area contributed by atoms with E-state index >= 15 is 0 Å². The molecule has 2 aromatic carbocycles. The lowest BCUT2D eigenvalue weighted by Crippen LogP contribution is -2.27. The third-order valence-corrected chi connectivity index (χ3v) is 5.13. The molecular formula is C17H16N4O4S2. The molecule has 0 saturated heterocycles. The number of fused-ring (bicyclic) bond motifs is 1. The van der Waals surface area contributed by atoms with Crippen LogP contribution in [0.3, 0.4) is 0 Å². The van der Waals surface area contributed by atoms with Crippen LogP contribution in [0.2, 0.25) is 0 Å². The first kappa shape index (κ1) is 19.0. The molecular weight excluding hydrogens is 388 g/mol. The Morgan fingerprint density at radius 3 is 2.74 bits per heavy atom. The van der Waals surface area contributed by atoms with Crippen molar-refractivity contribution in [2.45, 2.75) is 4.90 Å². The van der Waals surface area contributed by atoms with Crippen LogP contribution in [0.1, 0.15) is 0 Å². The molecule has 0 radical (unpaired) electrons. The number of ether oxygens (including phenoxy) is 1. The van der Waals surface area contributed by atoms with Gasteiger partial charge in [-0.1, -0.05) is 24.9 Å². The molecule has 0 aliphatic carbocycles. The molecule has 0 fully saturated rings. The predicted octanol–water partition coefficient (Wildman–Crippen LogP) is 2.77. The van der Waals surface area contributed by atoms with Crippen molar-refractivity contribution in [3.05, 3.63) is 54.9 Å². The number of methoxy groups -OCH3 is 1. The summed E-state index contributed by atoms with van der Waals surface area (Å²) in [6, 6.07) is 10.5. The van der Waals surface area contributed by atoms with E-state index in [1.54, 1.807) is 30.6 Å². The molecule has 0 aliphatic rings. The minimum atomic E-state index is -3.95. The quantitative estimate of drug-likeness (QED) is 0.579. The zero-order valence-electron chi connectivity index (χ0n) is 14.2. The Labute approximate surface area is 161 Å². The van der Waals surface area contributed by atoms with E-state index in [2.05, 4.69) is 23.1 Å². The summed E-state index contributed by atoms with van der Waals surface area (Å²) in [5, 5.41) is 9.56. The van der Waals surface area contributed by atoms with Crippen molar-refractivity contribution in [1.82, 2.24) is 4.98 Å².